The summed E-state index contributed by atoms with van der Waals surface area (Å²) in [5, 5.41) is 9.21. The minimum Gasteiger partial charge on any atom is -0.481 e. The second-order valence-electron chi connectivity index (χ2n) is 6.15. The normalized spacial score (nSPS) is 16.9. The molecule has 0 radical (unpaired) electrons. The van der Waals surface area contributed by atoms with Crippen molar-refractivity contribution in [3.8, 4) is 0 Å². The van der Waals surface area contributed by atoms with E-state index in [0.29, 0.717) is 16.0 Å². The van der Waals surface area contributed by atoms with Crippen LogP contribution in [0, 0.1) is 0 Å². The van der Waals surface area contributed by atoms with E-state index in [1.54, 1.807) is 36.6 Å². The van der Waals surface area contributed by atoms with E-state index in [2.05, 4.69) is 0 Å². The van der Waals surface area contributed by atoms with Crippen LogP contribution in [-0.4, -0.2) is 27.3 Å². The Kier molecular flexibility index (Phi) is 4.68. The maximum absolute atomic E-state index is 13.0. The number of benzene rings is 2. The molecule has 0 aliphatic heterocycles. The number of carbonyl (C=O) groups excluding carboxylic acids is 1. The summed E-state index contributed by atoms with van der Waals surface area (Å²) >= 11 is 0. The van der Waals surface area contributed by atoms with Crippen molar-refractivity contribution < 1.29 is 18.9 Å². The molecule has 0 spiro atoms. The zero-order valence-electron chi connectivity index (χ0n) is 14.0. The number of hydrogen-bond donors (Lipinski definition) is 1. The summed E-state index contributed by atoms with van der Waals surface area (Å²) in [6, 6.07) is 12.2. The van der Waals surface area contributed by atoms with Crippen molar-refractivity contribution in [1.82, 2.24) is 0 Å². The van der Waals surface area contributed by atoms with Gasteiger partial charge in [0.2, 0.25) is 0 Å². The van der Waals surface area contributed by atoms with Crippen LogP contribution in [0.3, 0.4) is 0 Å². The van der Waals surface area contributed by atoms with Crippen LogP contribution in [0.5, 0.6) is 0 Å². The molecule has 25 heavy (non-hydrogen) atoms. The Hall–Kier alpha value is -2.53. The summed E-state index contributed by atoms with van der Waals surface area (Å²) in [5.41, 5.74) is 3.68. The van der Waals surface area contributed by atoms with Crippen molar-refractivity contribution >= 4 is 28.6 Å². The van der Waals surface area contributed by atoms with Gasteiger partial charge < -0.3 is 5.11 Å². The third kappa shape index (κ3) is 3.33. The average molecular weight is 354 g/mol. The first-order valence-corrected chi connectivity index (χ1v) is 9.45. The van der Waals surface area contributed by atoms with Crippen molar-refractivity contribution in [2.24, 2.45) is 0 Å². The van der Waals surface area contributed by atoms with E-state index in [9.17, 15) is 18.9 Å². The van der Waals surface area contributed by atoms with E-state index in [0.717, 1.165) is 16.7 Å². The molecule has 2 aromatic carbocycles. The number of ketones is 1. The Balaban J connectivity index is 2.02. The Morgan fingerprint density at radius 1 is 1.12 bits per heavy atom. The average Bonchev–Trinajstić information content (AvgIpc) is 2.89. The molecule has 2 aromatic rings. The fourth-order valence-electron chi connectivity index (χ4n) is 3.26. The topological polar surface area (TPSA) is 71.4 Å². The minimum absolute atomic E-state index is 0.0343. The van der Waals surface area contributed by atoms with Gasteiger partial charge in [0, 0.05) is 39.0 Å². The molecule has 1 aliphatic carbocycles. The van der Waals surface area contributed by atoms with Crippen molar-refractivity contribution in [2.75, 3.05) is 6.26 Å². The van der Waals surface area contributed by atoms with Crippen LogP contribution < -0.4 is 0 Å². The van der Waals surface area contributed by atoms with Gasteiger partial charge in [0.15, 0.2) is 5.78 Å². The van der Waals surface area contributed by atoms with Crippen molar-refractivity contribution in [3.05, 3.63) is 70.3 Å². The molecule has 1 aliphatic rings. The van der Waals surface area contributed by atoms with E-state index in [-0.39, 0.29) is 18.1 Å². The molecule has 0 saturated heterocycles. The molecule has 0 saturated carbocycles. The van der Waals surface area contributed by atoms with Gasteiger partial charge in [0.05, 0.1) is 6.42 Å². The van der Waals surface area contributed by atoms with Gasteiger partial charge in [-0.05, 0) is 42.3 Å². The van der Waals surface area contributed by atoms with Gasteiger partial charge in [-0.2, -0.15) is 0 Å². The Morgan fingerprint density at radius 3 is 2.40 bits per heavy atom. The molecule has 5 heteroatoms. The first-order valence-electron chi connectivity index (χ1n) is 7.89. The molecule has 0 heterocycles. The summed E-state index contributed by atoms with van der Waals surface area (Å²) in [5.74, 6) is -1.32. The van der Waals surface area contributed by atoms with Crippen LogP contribution in [-0.2, 0) is 15.6 Å². The first kappa shape index (κ1) is 17.3. The molecule has 0 aromatic heterocycles. The molecule has 2 unspecified atom stereocenters. The van der Waals surface area contributed by atoms with Gasteiger partial charge >= 0.3 is 5.97 Å². The van der Waals surface area contributed by atoms with Gasteiger partial charge in [-0.1, -0.05) is 29.8 Å². The smallest absolute Gasteiger partial charge is 0.304 e. The zero-order valence-corrected chi connectivity index (χ0v) is 14.8. The van der Waals surface area contributed by atoms with Gasteiger partial charge in [-0.15, -0.1) is 0 Å². The highest BCUT2D eigenvalue weighted by Crippen LogP contribution is 2.40. The third-order valence-electron chi connectivity index (χ3n) is 4.49. The number of allylic oxidation sites excluding steroid dienone is 1. The lowest BCUT2D eigenvalue weighted by Crippen LogP contribution is -2.12. The van der Waals surface area contributed by atoms with E-state index in [4.69, 9.17) is 0 Å². The first-order chi connectivity index (χ1) is 11.9. The monoisotopic (exact) mass is 354 g/mol. The molecule has 2 atom stereocenters. The second-order valence-corrected chi connectivity index (χ2v) is 7.53. The van der Waals surface area contributed by atoms with Gasteiger partial charge in [0.1, 0.15) is 0 Å². The quantitative estimate of drug-likeness (QED) is 0.832. The Morgan fingerprint density at radius 2 is 1.80 bits per heavy atom. The van der Waals surface area contributed by atoms with E-state index < -0.39 is 16.8 Å². The Labute approximate surface area is 148 Å². The summed E-state index contributed by atoms with van der Waals surface area (Å²) in [6.45, 7) is 1.90. The van der Waals surface area contributed by atoms with Crippen molar-refractivity contribution in [2.45, 2.75) is 24.2 Å². The summed E-state index contributed by atoms with van der Waals surface area (Å²) in [4.78, 5) is 24.9. The number of hydrogen-bond acceptors (Lipinski definition) is 3. The zero-order chi connectivity index (χ0) is 18.1. The molecule has 0 bridgehead atoms. The second kappa shape index (κ2) is 6.76. The van der Waals surface area contributed by atoms with Crippen LogP contribution in [0.25, 0.3) is 6.08 Å². The van der Waals surface area contributed by atoms with Crippen LogP contribution in [0.15, 0.2) is 52.9 Å². The maximum atomic E-state index is 13.0. The molecule has 0 amide bonds. The highest BCUT2D eigenvalue weighted by molar-refractivity contribution is 7.84. The lowest BCUT2D eigenvalue weighted by molar-refractivity contribution is -0.137. The molecule has 3 rings (SSSR count). The molecular formula is C20H18O4S. The van der Waals surface area contributed by atoms with E-state index in [1.165, 1.54) is 0 Å². The lowest BCUT2D eigenvalue weighted by Gasteiger charge is -2.16. The molecule has 1 N–H and O–H groups in total. The third-order valence-corrected chi connectivity index (χ3v) is 5.43. The van der Waals surface area contributed by atoms with Gasteiger partial charge in [0.25, 0.3) is 0 Å². The fraction of sp³-hybridized carbons (Fsp3) is 0.200. The van der Waals surface area contributed by atoms with E-state index >= 15 is 0 Å². The lowest BCUT2D eigenvalue weighted by atomic mass is 9.87. The number of rotatable bonds is 5. The van der Waals surface area contributed by atoms with Crippen LogP contribution in [0.4, 0.5) is 0 Å². The molecular weight excluding hydrogens is 336 g/mol. The summed E-state index contributed by atoms with van der Waals surface area (Å²) in [6.07, 6.45) is 3.50. The maximum Gasteiger partial charge on any atom is 0.304 e. The number of aliphatic carboxylic acids is 1. The van der Waals surface area contributed by atoms with Gasteiger partial charge in [-0.25, -0.2) is 0 Å². The SMILES string of the molecule is CC1=Cc2cccc(C(=O)c3ccc(S(C)=O)cc3)c2C1CC(=O)O. The number of carboxylic acids is 1. The highest BCUT2D eigenvalue weighted by atomic mass is 32.2. The van der Waals surface area contributed by atoms with Crippen LogP contribution >= 0.6 is 0 Å². The molecule has 4 nitrogen and oxygen atoms in total. The Bertz CT molecular complexity index is 910. The van der Waals surface area contributed by atoms with Gasteiger partial charge in [-0.3, -0.25) is 13.8 Å². The summed E-state index contributed by atoms with van der Waals surface area (Å²) in [7, 11) is -1.10. The predicted octanol–water partition coefficient (Wildman–Crippen LogP) is 3.63. The molecule has 128 valence electrons. The standard InChI is InChI=1S/C20H18O4S/c1-12-10-14-4-3-5-16(19(14)17(12)11-18(21)22)20(23)13-6-8-15(9-7-13)25(2)24/h3-10,17H,11H2,1-2H3,(H,21,22). The number of fused-ring (bicyclic) bond motifs is 1. The van der Waals surface area contributed by atoms with Crippen LogP contribution in [0.1, 0.15) is 46.3 Å². The highest BCUT2D eigenvalue weighted by Gasteiger charge is 2.29. The van der Waals surface area contributed by atoms with Crippen molar-refractivity contribution in [3.63, 3.8) is 0 Å². The number of carbonyl (C=O) groups is 2. The summed E-state index contributed by atoms with van der Waals surface area (Å²) < 4.78 is 11.5. The van der Waals surface area contributed by atoms with E-state index in [1.807, 2.05) is 25.1 Å². The number of carboxylic acid groups (broad SMARTS) is 1. The molecule has 0 fully saturated rings. The van der Waals surface area contributed by atoms with Crippen LogP contribution in [0.2, 0.25) is 0 Å². The predicted molar refractivity (Wildman–Crippen MR) is 97.3 cm³/mol. The van der Waals surface area contributed by atoms with Crippen molar-refractivity contribution in [1.29, 1.82) is 0 Å². The minimum atomic E-state index is -1.10. The fourth-order valence-corrected chi connectivity index (χ4v) is 3.78. The largest absolute Gasteiger partial charge is 0.481 e.